The van der Waals surface area contributed by atoms with Crippen LogP contribution in [0.4, 0.5) is 5.13 Å². The van der Waals surface area contributed by atoms with E-state index in [0.717, 1.165) is 11.3 Å². The zero-order chi connectivity index (χ0) is 19.1. The third kappa shape index (κ3) is 5.03. The molecule has 26 heavy (non-hydrogen) atoms. The first-order valence-corrected chi connectivity index (χ1v) is 8.63. The Kier molecular flexibility index (Phi) is 6.67. The monoisotopic (exact) mass is 377 g/mol. The second-order valence-corrected chi connectivity index (χ2v) is 6.11. The van der Waals surface area contributed by atoms with Crippen LogP contribution in [0.15, 0.2) is 24.3 Å². The number of carbonyl (C=O) groups excluding carboxylic acids is 3. The van der Waals surface area contributed by atoms with E-state index in [2.05, 4.69) is 15.6 Å². The summed E-state index contributed by atoms with van der Waals surface area (Å²) in [6.45, 7) is 3.35. The maximum atomic E-state index is 12.3. The fraction of sp³-hybridized carbons (Fsp3) is 0.294. The molecule has 1 heterocycles. The fourth-order valence-electron chi connectivity index (χ4n) is 2.04. The van der Waals surface area contributed by atoms with Crippen LogP contribution in [0.25, 0.3) is 0 Å². The number of carbonyl (C=O) groups is 3. The van der Waals surface area contributed by atoms with Crippen LogP contribution in [-0.2, 0) is 9.53 Å². The van der Waals surface area contributed by atoms with Crippen molar-refractivity contribution in [1.29, 1.82) is 0 Å². The molecule has 138 valence electrons. The van der Waals surface area contributed by atoms with Crippen LogP contribution in [0.5, 0.6) is 5.75 Å². The summed E-state index contributed by atoms with van der Waals surface area (Å²) >= 11 is 1.03. The van der Waals surface area contributed by atoms with E-state index in [1.807, 2.05) is 0 Å². The van der Waals surface area contributed by atoms with Gasteiger partial charge in [0.2, 0.25) is 0 Å². The predicted molar refractivity (Wildman–Crippen MR) is 96.8 cm³/mol. The van der Waals surface area contributed by atoms with Crippen molar-refractivity contribution in [1.82, 2.24) is 10.3 Å². The van der Waals surface area contributed by atoms with Gasteiger partial charge in [0.05, 0.1) is 19.4 Å². The van der Waals surface area contributed by atoms with Crippen LogP contribution < -0.4 is 15.4 Å². The Labute approximate surface area is 154 Å². The van der Waals surface area contributed by atoms with E-state index in [1.165, 1.54) is 7.11 Å². The number of anilines is 1. The van der Waals surface area contributed by atoms with Gasteiger partial charge in [0.15, 0.2) is 5.13 Å². The van der Waals surface area contributed by atoms with Gasteiger partial charge < -0.3 is 14.8 Å². The lowest BCUT2D eigenvalue weighted by Gasteiger charge is -2.04. The van der Waals surface area contributed by atoms with Gasteiger partial charge in [0.1, 0.15) is 17.2 Å². The van der Waals surface area contributed by atoms with Crippen LogP contribution in [-0.4, -0.2) is 43.0 Å². The lowest BCUT2D eigenvalue weighted by atomic mass is 10.2. The van der Waals surface area contributed by atoms with Gasteiger partial charge in [-0.05, 0) is 32.0 Å². The summed E-state index contributed by atoms with van der Waals surface area (Å²) in [4.78, 5) is 40.3. The number of methoxy groups -OCH3 is 1. The van der Waals surface area contributed by atoms with Crippen molar-refractivity contribution in [3.8, 4) is 5.75 Å². The SMILES string of the molecule is CCOC(=O)CNC(=O)c1sc(NC(=O)c2cccc(OC)c2)nc1C. The molecule has 1 aromatic carbocycles. The minimum atomic E-state index is -0.519. The van der Waals surface area contributed by atoms with Crippen LogP contribution in [0.2, 0.25) is 0 Å². The third-order valence-electron chi connectivity index (χ3n) is 3.25. The standard InChI is InChI=1S/C17H19N3O5S/c1-4-25-13(21)9-18-16(23)14-10(2)19-17(26-14)20-15(22)11-6-5-7-12(8-11)24-3/h5-8H,4,9H2,1-3H3,(H,18,23)(H,19,20,22). The minimum absolute atomic E-state index is 0.227. The van der Waals surface area contributed by atoms with E-state index in [4.69, 9.17) is 9.47 Å². The Morgan fingerprint density at radius 2 is 2.00 bits per heavy atom. The second-order valence-electron chi connectivity index (χ2n) is 5.11. The topological polar surface area (TPSA) is 107 Å². The number of nitrogens with one attached hydrogen (secondary N) is 2. The van der Waals surface area contributed by atoms with Crippen molar-refractivity contribution < 1.29 is 23.9 Å². The number of rotatable bonds is 7. The van der Waals surface area contributed by atoms with Gasteiger partial charge in [0.25, 0.3) is 11.8 Å². The molecule has 0 radical (unpaired) electrons. The molecule has 0 aliphatic rings. The molecular weight excluding hydrogens is 358 g/mol. The van der Waals surface area contributed by atoms with E-state index < -0.39 is 11.9 Å². The van der Waals surface area contributed by atoms with Gasteiger partial charge in [0, 0.05) is 5.56 Å². The predicted octanol–water partition coefficient (Wildman–Crippen LogP) is 2.01. The molecule has 2 aromatic rings. The first kappa shape index (κ1) is 19.4. The van der Waals surface area contributed by atoms with Gasteiger partial charge in [-0.2, -0.15) is 0 Å². The summed E-state index contributed by atoms with van der Waals surface area (Å²) in [7, 11) is 1.52. The Morgan fingerprint density at radius 3 is 2.69 bits per heavy atom. The summed E-state index contributed by atoms with van der Waals surface area (Å²) in [5.74, 6) is -0.771. The van der Waals surface area contributed by atoms with Crippen molar-refractivity contribution in [3.63, 3.8) is 0 Å². The molecule has 2 rings (SSSR count). The molecule has 0 bridgehead atoms. The molecule has 0 aliphatic heterocycles. The molecule has 9 heteroatoms. The highest BCUT2D eigenvalue weighted by atomic mass is 32.1. The van der Waals surface area contributed by atoms with Crippen LogP contribution >= 0.6 is 11.3 Å². The Bertz CT molecular complexity index is 818. The van der Waals surface area contributed by atoms with Crippen molar-refractivity contribution in [2.75, 3.05) is 25.6 Å². The number of benzene rings is 1. The summed E-state index contributed by atoms with van der Waals surface area (Å²) in [5.41, 5.74) is 0.864. The van der Waals surface area contributed by atoms with Crippen molar-refractivity contribution >= 4 is 34.3 Å². The number of hydrogen-bond acceptors (Lipinski definition) is 7. The van der Waals surface area contributed by atoms with E-state index in [0.29, 0.717) is 21.9 Å². The van der Waals surface area contributed by atoms with Crippen LogP contribution in [0, 0.1) is 6.92 Å². The smallest absolute Gasteiger partial charge is 0.325 e. The average Bonchev–Trinajstić information content (AvgIpc) is 3.00. The van der Waals surface area contributed by atoms with E-state index in [-0.39, 0.29) is 24.2 Å². The number of hydrogen-bond donors (Lipinski definition) is 2. The summed E-state index contributed by atoms with van der Waals surface area (Å²) in [6.07, 6.45) is 0. The average molecular weight is 377 g/mol. The van der Waals surface area contributed by atoms with Crippen LogP contribution in [0.1, 0.15) is 32.6 Å². The Balaban J connectivity index is 2.03. The highest BCUT2D eigenvalue weighted by Gasteiger charge is 2.18. The summed E-state index contributed by atoms with van der Waals surface area (Å²) in [6, 6.07) is 6.68. The molecule has 2 N–H and O–H groups in total. The molecule has 0 saturated carbocycles. The Morgan fingerprint density at radius 1 is 1.23 bits per heavy atom. The number of esters is 1. The normalized spacial score (nSPS) is 10.1. The fourth-order valence-corrected chi connectivity index (χ4v) is 2.92. The number of amides is 2. The molecule has 0 unspecified atom stereocenters. The number of aromatic nitrogens is 1. The first-order valence-electron chi connectivity index (χ1n) is 7.81. The zero-order valence-electron chi connectivity index (χ0n) is 14.6. The molecule has 8 nitrogen and oxygen atoms in total. The van der Waals surface area contributed by atoms with E-state index in [1.54, 1.807) is 38.1 Å². The molecule has 2 amide bonds. The van der Waals surface area contributed by atoms with Crippen molar-refractivity contribution in [2.24, 2.45) is 0 Å². The van der Waals surface area contributed by atoms with Gasteiger partial charge >= 0.3 is 5.97 Å². The lowest BCUT2D eigenvalue weighted by Crippen LogP contribution is -2.30. The molecular formula is C17H19N3O5S. The number of nitrogens with zero attached hydrogens (tertiary/aromatic N) is 1. The lowest BCUT2D eigenvalue weighted by molar-refractivity contribution is -0.141. The molecule has 0 aliphatic carbocycles. The maximum absolute atomic E-state index is 12.3. The Hall–Kier alpha value is -2.94. The molecule has 0 fully saturated rings. The molecule has 0 atom stereocenters. The van der Waals surface area contributed by atoms with E-state index >= 15 is 0 Å². The quantitative estimate of drug-likeness (QED) is 0.715. The van der Waals surface area contributed by atoms with E-state index in [9.17, 15) is 14.4 Å². The third-order valence-corrected chi connectivity index (χ3v) is 4.33. The highest BCUT2D eigenvalue weighted by molar-refractivity contribution is 7.17. The zero-order valence-corrected chi connectivity index (χ0v) is 15.4. The minimum Gasteiger partial charge on any atom is -0.497 e. The van der Waals surface area contributed by atoms with Crippen molar-refractivity contribution in [3.05, 3.63) is 40.4 Å². The largest absolute Gasteiger partial charge is 0.497 e. The van der Waals surface area contributed by atoms with Gasteiger partial charge in [-0.3, -0.25) is 19.7 Å². The highest BCUT2D eigenvalue weighted by Crippen LogP contribution is 2.23. The maximum Gasteiger partial charge on any atom is 0.325 e. The number of thiazole rings is 1. The molecule has 0 saturated heterocycles. The summed E-state index contributed by atoms with van der Waals surface area (Å²) < 4.78 is 9.84. The second kappa shape index (κ2) is 8.95. The van der Waals surface area contributed by atoms with Gasteiger partial charge in [-0.25, -0.2) is 4.98 Å². The number of aryl methyl sites for hydroxylation is 1. The molecule has 0 spiro atoms. The van der Waals surface area contributed by atoms with Gasteiger partial charge in [-0.15, -0.1) is 0 Å². The van der Waals surface area contributed by atoms with Crippen LogP contribution in [0.3, 0.4) is 0 Å². The van der Waals surface area contributed by atoms with Gasteiger partial charge in [-0.1, -0.05) is 17.4 Å². The number of ether oxygens (including phenoxy) is 2. The van der Waals surface area contributed by atoms with Crippen molar-refractivity contribution in [2.45, 2.75) is 13.8 Å². The molecule has 1 aromatic heterocycles. The summed E-state index contributed by atoms with van der Waals surface area (Å²) in [5, 5.41) is 5.41. The first-order chi connectivity index (χ1) is 12.4.